The second kappa shape index (κ2) is 6.22. The average Bonchev–Trinajstić information content (AvgIpc) is 2.83. The van der Waals surface area contributed by atoms with E-state index in [9.17, 15) is 4.79 Å². The molecule has 3 N–H and O–H groups in total. The molecule has 2 amide bonds. The zero-order chi connectivity index (χ0) is 11.9. The highest BCUT2D eigenvalue weighted by Crippen LogP contribution is 2.16. The molecule has 1 fully saturated rings. The van der Waals surface area contributed by atoms with Crippen molar-refractivity contribution in [3.05, 3.63) is 12.2 Å². The Bertz CT molecular complexity index is 332. The van der Waals surface area contributed by atoms with Gasteiger partial charge in [-0.25, -0.2) is 9.78 Å². The first-order valence-electron chi connectivity index (χ1n) is 6.23. The Hall–Kier alpha value is -1.59. The van der Waals surface area contributed by atoms with E-state index in [4.69, 9.17) is 0 Å². The summed E-state index contributed by atoms with van der Waals surface area (Å²) in [6, 6.07) is 0.283. The monoisotopic (exact) mass is 237 g/mol. The Kier molecular flexibility index (Phi) is 4.35. The van der Waals surface area contributed by atoms with Crippen molar-refractivity contribution in [3.8, 4) is 0 Å². The predicted molar refractivity (Wildman–Crippen MR) is 63.5 cm³/mol. The quantitative estimate of drug-likeness (QED) is 0.730. The van der Waals surface area contributed by atoms with Crippen LogP contribution in [0.1, 0.15) is 37.9 Å². The number of nitrogens with zero attached hydrogens (tertiary/aromatic N) is 2. The number of nitrogens with one attached hydrogen (secondary N) is 3. The van der Waals surface area contributed by atoms with E-state index in [1.54, 1.807) is 0 Å². The summed E-state index contributed by atoms with van der Waals surface area (Å²) in [6.45, 7) is 0.577. The molecule has 0 spiro atoms. The van der Waals surface area contributed by atoms with Crippen LogP contribution >= 0.6 is 0 Å². The van der Waals surface area contributed by atoms with E-state index < -0.39 is 0 Å². The van der Waals surface area contributed by atoms with Gasteiger partial charge in [0.2, 0.25) is 0 Å². The summed E-state index contributed by atoms with van der Waals surface area (Å²) in [5.41, 5.74) is 0. The van der Waals surface area contributed by atoms with Gasteiger partial charge in [0.05, 0.1) is 0 Å². The van der Waals surface area contributed by atoms with Crippen LogP contribution in [0.5, 0.6) is 0 Å². The number of carbonyl (C=O) groups excluding carboxylic acids is 1. The molecule has 1 aliphatic carbocycles. The third kappa shape index (κ3) is 4.05. The van der Waals surface area contributed by atoms with Gasteiger partial charge in [-0.2, -0.15) is 5.10 Å². The predicted octanol–water partition coefficient (Wildman–Crippen LogP) is 0.979. The van der Waals surface area contributed by atoms with Gasteiger partial charge in [0, 0.05) is 19.0 Å². The summed E-state index contributed by atoms with van der Waals surface area (Å²) < 4.78 is 0. The number of amides is 2. The Morgan fingerprint density at radius 3 is 2.94 bits per heavy atom. The maximum atomic E-state index is 11.6. The number of aromatic amines is 1. The van der Waals surface area contributed by atoms with Gasteiger partial charge in [-0.1, -0.05) is 19.3 Å². The molecule has 1 saturated carbocycles. The molecule has 17 heavy (non-hydrogen) atoms. The molecule has 1 heterocycles. The van der Waals surface area contributed by atoms with Crippen molar-refractivity contribution in [1.29, 1.82) is 0 Å². The number of aromatic nitrogens is 3. The maximum Gasteiger partial charge on any atom is 0.315 e. The third-order valence-electron chi connectivity index (χ3n) is 3.05. The van der Waals surface area contributed by atoms with Crippen molar-refractivity contribution >= 4 is 6.03 Å². The van der Waals surface area contributed by atoms with Gasteiger partial charge in [0.1, 0.15) is 12.2 Å². The summed E-state index contributed by atoms with van der Waals surface area (Å²) in [5.74, 6) is 0.794. The molecule has 6 nitrogen and oxygen atoms in total. The highest BCUT2D eigenvalue weighted by molar-refractivity contribution is 5.74. The van der Waals surface area contributed by atoms with E-state index in [1.165, 1.54) is 25.6 Å². The van der Waals surface area contributed by atoms with Gasteiger partial charge >= 0.3 is 6.03 Å². The summed E-state index contributed by atoms with van der Waals surface area (Å²) in [4.78, 5) is 15.6. The Morgan fingerprint density at radius 2 is 2.24 bits per heavy atom. The molecular weight excluding hydrogens is 218 g/mol. The lowest BCUT2D eigenvalue weighted by Gasteiger charge is -2.22. The first-order chi connectivity index (χ1) is 8.34. The normalized spacial score (nSPS) is 16.7. The van der Waals surface area contributed by atoms with Crippen LogP contribution in [0.25, 0.3) is 0 Å². The van der Waals surface area contributed by atoms with Crippen molar-refractivity contribution < 1.29 is 4.79 Å². The van der Waals surface area contributed by atoms with Gasteiger partial charge < -0.3 is 10.6 Å². The molecule has 1 aliphatic rings. The number of H-pyrrole nitrogens is 1. The van der Waals surface area contributed by atoms with Crippen molar-refractivity contribution in [3.63, 3.8) is 0 Å². The molecule has 2 rings (SSSR count). The van der Waals surface area contributed by atoms with Crippen LogP contribution in [0.2, 0.25) is 0 Å². The summed E-state index contributed by atoms with van der Waals surface area (Å²) in [5, 5.41) is 12.3. The summed E-state index contributed by atoms with van der Waals surface area (Å²) in [6.07, 6.45) is 8.11. The van der Waals surface area contributed by atoms with Crippen LogP contribution in [-0.2, 0) is 6.42 Å². The van der Waals surface area contributed by atoms with Gasteiger partial charge in [-0.05, 0) is 12.8 Å². The van der Waals surface area contributed by atoms with Crippen molar-refractivity contribution in [2.45, 2.75) is 44.6 Å². The number of carbonyl (C=O) groups is 1. The SMILES string of the molecule is O=C(NCCc1ncn[nH]1)NC1CCCCC1. The Labute approximate surface area is 101 Å². The van der Waals surface area contributed by atoms with Crippen LogP contribution in [0.15, 0.2) is 6.33 Å². The number of urea groups is 1. The number of hydrogen-bond donors (Lipinski definition) is 3. The lowest BCUT2D eigenvalue weighted by atomic mass is 9.96. The molecule has 0 bridgehead atoms. The Morgan fingerprint density at radius 1 is 1.41 bits per heavy atom. The first kappa shape index (κ1) is 11.9. The molecule has 0 radical (unpaired) electrons. The van der Waals surface area contributed by atoms with Crippen LogP contribution in [0.4, 0.5) is 4.79 Å². The summed E-state index contributed by atoms with van der Waals surface area (Å²) in [7, 11) is 0. The minimum absolute atomic E-state index is 0.0728. The van der Waals surface area contributed by atoms with E-state index >= 15 is 0 Å². The molecular formula is C11H19N5O. The fraction of sp³-hybridized carbons (Fsp3) is 0.727. The van der Waals surface area contributed by atoms with Crippen molar-refractivity contribution in [2.24, 2.45) is 0 Å². The van der Waals surface area contributed by atoms with Gasteiger partial charge in [-0.3, -0.25) is 5.10 Å². The molecule has 0 saturated heterocycles. The smallest absolute Gasteiger partial charge is 0.315 e. The third-order valence-corrected chi connectivity index (χ3v) is 3.05. The van der Waals surface area contributed by atoms with Crippen molar-refractivity contribution in [2.75, 3.05) is 6.54 Å². The van der Waals surface area contributed by atoms with Gasteiger partial charge in [-0.15, -0.1) is 0 Å². The van der Waals surface area contributed by atoms with Gasteiger partial charge in [0.25, 0.3) is 0 Å². The standard InChI is InChI=1S/C11H19N5O/c17-11(15-9-4-2-1-3-5-9)12-7-6-10-13-8-14-16-10/h8-9H,1-7H2,(H2,12,15,17)(H,13,14,16). The van der Waals surface area contributed by atoms with Crippen LogP contribution in [-0.4, -0.2) is 33.8 Å². The highest BCUT2D eigenvalue weighted by atomic mass is 16.2. The van der Waals surface area contributed by atoms with E-state index in [0.29, 0.717) is 19.0 Å². The molecule has 0 unspecified atom stereocenters. The highest BCUT2D eigenvalue weighted by Gasteiger charge is 2.15. The molecule has 1 aromatic heterocycles. The maximum absolute atomic E-state index is 11.6. The topological polar surface area (TPSA) is 82.7 Å². The first-order valence-corrected chi connectivity index (χ1v) is 6.23. The zero-order valence-electron chi connectivity index (χ0n) is 9.91. The molecule has 0 aliphatic heterocycles. The van der Waals surface area contributed by atoms with Crippen LogP contribution in [0, 0.1) is 0 Å². The second-order valence-corrected chi connectivity index (χ2v) is 4.42. The largest absolute Gasteiger partial charge is 0.338 e. The van der Waals surface area contributed by atoms with Crippen molar-refractivity contribution in [1.82, 2.24) is 25.8 Å². The molecule has 0 atom stereocenters. The summed E-state index contributed by atoms with van der Waals surface area (Å²) >= 11 is 0. The van der Waals surface area contributed by atoms with E-state index in [0.717, 1.165) is 18.7 Å². The lowest BCUT2D eigenvalue weighted by Crippen LogP contribution is -2.43. The molecule has 94 valence electrons. The number of rotatable bonds is 4. The zero-order valence-corrected chi connectivity index (χ0v) is 9.91. The van der Waals surface area contributed by atoms with E-state index in [-0.39, 0.29) is 6.03 Å². The minimum atomic E-state index is -0.0728. The molecule has 1 aromatic rings. The minimum Gasteiger partial charge on any atom is -0.338 e. The Balaban J connectivity index is 1.60. The molecule has 6 heteroatoms. The lowest BCUT2D eigenvalue weighted by molar-refractivity contribution is 0.233. The van der Waals surface area contributed by atoms with E-state index in [1.807, 2.05) is 0 Å². The van der Waals surface area contributed by atoms with Crippen LogP contribution in [0.3, 0.4) is 0 Å². The van der Waals surface area contributed by atoms with E-state index in [2.05, 4.69) is 25.8 Å². The fourth-order valence-corrected chi connectivity index (χ4v) is 2.13. The van der Waals surface area contributed by atoms with Gasteiger partial charge in [0.15, 0.2) is 0 Å². The average molecular weight is 237 g/mol. The molecule has 0 aromatic carbocycles. The van der Waals surface area contributed by atoms with Crippen LogP contribution < -0.4 is 10.6 Å². The fourth-order valence-electron chi connectivity index (χ4n) is 2.13. The number of hydrogen-bond acceptors (Lipinski definition) is 3. The second-order valence-electron chi connectivity index (χ2n) is 4.42.